The summed E-state index contributed by atoms with van der Waals surface area (Å²) in [7, 11) is 0. The number of nitrogens with zero attached hydrogens (tertiary/aromatic N) is 4. The summed E-state index contributed by atoms with van der Waals surface area (Å²) in [5.74, 6) is 0.841. The van der Waals surface area contributed by atoms with Crippen LogP contribution in [-0.2, 0) is 13.1 Å². The summed E-state index contributed by atoms with van der Waals surface area (Å²) in [6.07, 6.45) is 0. The fourth-order valence-corrected chi connectivity index (χ4v) is 2.51. The highest BCUT2D eigenvalue weighted by Gasteiger charge is 2.14. The third-order valence-corrected chi connectivity index (χ3v) is 3.84. The molecule has 0 aliphatic carbocycles. The summed E-state index contributed by atoms with van der Waals surface area (Å²) in [5, 5.41) is 14.8. The second-order valence-electron chi connectivity index (χ2n) is 5.61. The molecule has 3 rings (SSSR count). The molecular formula is C18H18N4O3. The van der Waals surface area contributed by atoms with Crippen LogP contribution in [0.5, 0.6) is 0 Å². The van der Waals surface area contributed by atoms with Gasteiger partial charge in [-0.3, -0.25) is 15.0 Å². The Bertz CT molecular complexity index is 848. The summed E-state index contributed by atoms with van der Waals surface area (Å²) >= 11 is 0. The van der Waals surface area contributed by atoms with Gasteiger partial charge >= 0.3 is 0 Å². The third kappa shape index (κ3) is 4.27. The second-order valence-corrected chi connectivity index (χ2v) is 5.61. The van der Waals surface area contributed by atoms with Gasteiger partial charge in [0, 0.05) is 24.2 Å². The first-order chi connectivity index (χ1) is 12.2. The minimum absolute atomic E-state index is 0.00288. The van der Waals surface area contributed by atoms with Crippen LogP contribution in [0.15, 0.2) is 59.1 Å². The molecule has 0 radical (unpaired) electrons. The van der Waals surface area contributed by atoms with Gasteiger partial charge in [0.25, 0.3) is 5.69 Å². The molecule has 0 atom stereocenters. The highest BCUT2D eigenvalue weighted by Crippen LogP contribution is 2.21. The molecule has 3 aromatic rings. The van der Waals surface area contributed by atoms with Gasteiger partial charge in [0.05, 0.1) is 11.5 Å². The number of non-ortho nitro benzene ring substituents is 1. The molecule has 0 saturated carbocycles. The van der Waals surface area contributed by atoms with Crippen molar-refractivity contribution in [3.05, 3.63) is 76.2 Å². The van der Waals surface area contributed by atoms with E-state index >= 15 is 0 Å². The zero-order chi connectivity index (χ0) is 17.6. The molecule has 0 bridgehead atoms. The zero-order valence-electron chi connectivity index (χ0n) is 13.8. The quantitative estimate of drug-likeness (QED) is 0.483. The van der Waals surface area contributed by atoms with Crippen molar-refractivity contribution in [1.82, 2.24) is 15.0 Å². The maximum Gasteiger partial charge on any atom is 0.270 e. The average Bonchev–Trinajstić information content (AvgIpc) is 3.10. The monoisotopic (exact) mass is 338 g/mol. The number of rotatable bonds is 7. The molecule has 0 aliphatic rings. The maximum absolute atomic E-state index is 10.9. The van der Waals surface area contributed by atoms with Crippen molar-refractivity contribution in [2.24, 2.45) is 0 Å². The van der Waals surface area contributed by atoms with Gasteiger partial charge < -0.3 is 4.52 Å². The number of nitro groups is 1. The molecule has 0 N–H and O–H groups in total. The Labute approximate surface area is 145 Å². The normalized spacial score (nSPS) is 11.0. The first-order valence-electron chi connectivity index (χ1n) is 7.99. The summed E-state index contributed by atoms with van der Waals surface area (Å²) in [4.78, 5) is 17.0. The van der Waals surface area contributed by atoms with Gasteiger partial charge in [-0.25, -0.2) is 0 Å². The van der Waals surface area contributed by atoms with Crippen molar-refractivity contribution in [2.45, 2.75) is 20.0 Å². The van der Waals surface area contributed by atoms with Crippen LogP contribution in [0, 0.1) is 10.1 Å². The fraction of sp³-hybridized carbons (Fsp3) is 0.222. The van der Waals surface area contributed by atoms with E-state index in [4.69, 9.17) is 4.52 Å². The van der Waals surface area contributed by atoms with E-state index in [-0.39, 0.29) is 5.69 Å². The highest BCUT2D eigenvalue weighted by atomic mass is 16.6. The summed E-state index contributed by atoms with van der Waals surface area (Å²) < 4.78 is 5.32. The molecule has 0 amide bonds. The molecule has 0 saturated heterocycles. The van der Waals surface area contributed by atoms with Gasteiger partial charge in [0.1, 0.15) is 0 Å². The van der Waals surface area contributed by atoms with Gasteiger partial charge in [0.2, 0.25) is 11.7 Å². The maximum atomic E-state index is 10.9. The number of hydrogen-bond donors (Lipinski definition) is 0. The molecule has 0 aliphatic heterocycles. The lowest BCUT2D eigenvalue weighted by atomic mass is 10.2. The number of hydrogen-bond acceptors (Lipinski definition) is 6. The molecule has 0 unspecified atom stereocenters. The number of benzene rings is 2. The summed E-state index contributed by atoms with van der Waals surface area (Å²) in [6.45, 7) is 4.21. The lowest BCUT2D eigenvalue weighted by Gasteiger charge is -2.18. The SMILES string of the molecule is CCN(Cc1ccccc1)Cc1nc(-c2cccc([N+](=O)[O-])c2)no1. The van der Waals surface area contributed by atoms with Crippen molar-refractivity contribution in [2.75, 3.05) is 6.54 Å². The van der Waals surface area contributed by atoms with Crippen molar-refractivity contribution in [3.8, 4) is 11.4 Å². The molecule has 25 heavy (non-hydrogen) atoms. The highest BCUT2D eigenvalue weighted by molar-refractivity contribution is 5.58. The average molecular weight is 338 g/mol. The molecule has 7 nitrogen and oxygen atoms in total. The predicted octanol–water partition coefficient (Wildman–Crippen LogP) is 3.67. The van der Waals surface area contributed by atoms with Crippen molar-refractivity contribution in [3.63, 3.8) is 0 Å². The minimum Gasteiger partial charge on any atom is -0.338 e. The molecule has 128 valence electrons. The topological polar surface area (TPSA) is 85.3 Å². The van der Waals surface area contributed by atoms with Crippen molar-refractivity contribution >= 4 is 5.69 Å². The summed E-state index contributed by atoms with van der Waals surface area (Å²) in [5.41, 5.74) is 1.78. The van der Waals surface area contributed by atoms with Gasteiger partial charge in [-0.05, 0) is 12.1 Å². The van der Waals surface area contributed by atoms with Crippen molar-refractivity contribution < 1.29 is 9.45 Å². The molecule has 1 aromatic heterocycles. The van der Waals surface area contributed by atoms with Gasteiger partial charge in [-0.15, -0.1) is 0 Å². The van der Waals surface area contributed by atoms with E-state index in [2.05, 4.69) is 34.1 Å². The fourth-order valence-electron chi connectivity index (χ4n) is 2.51. The third-order valence-electron chi connectivity index (χ3n) is 3.84. The van der Waals surface area contributed by atoms with E-state index in [1.54, 1.807) is 12.1 Å². The largest absolute Gasteiger partial charge is 0.338 e. The van der Waals surface area contributed by atoms with E-state index in [1.165, 1.54) is 17.7 Å². The lowest BCUT2D eigenvalue weighted by Crippen LogP contribution is -2.22. The van der Waals surface area contributed by atoms with Gasteiger partial charge in [-0.2, -0.15) is 4.98 Å². The second kappa shape index (κ2) is 7.67. The summed E-state index contributed by atoms with van der Waals surface area (Å²) in [6, 6.07) is 16.4. The standard InChI is InChI=1S/C18H18N4O3/c1-2-21(12-14-7-4-3-5-8-14)13-17-19-18(20-25-17)15-9-6-10-16(11-15)22(23)24/h3-11H,2,12-13H2,1H3. The van der Waals surface area contributed by atoms with E-state index < -0.39 is 4.92 Å². The van der Waals surface area contributed by atoms with Crippen LogP contribution in [0.4, 0.5) is 5.69 Å². The van der Waals surface area contributed by atoms with Gasteiger partial charge in [0.15, 0.2) is 0 Å². The molecule has 1 heterocycles. The van der Waals surface area contributed by atoms with Crippen LogP contribution in [0.3, 0.4) is 0 Å². The molecule has 0 spiro atoms. The van der Waals surface area contributed by atoms with Crippen LogP contribution in [0.2, 0.25) is 0 Å². The van der Waals surface area contributed by atoms with Crippen molar-refractivity contribution in [1.29, 1.82) is 0 Å². The van der Waals surface area contributed by atoms with Gasteiger partial charge in [-0.1, -0.05) is 54.5 Å². The van der Waals surface area contributed by atoms with Crippen LogP contribution < -0.4 is 0 Å². The van der Waals surface area contributed by atoms with Crippen LogP contribution in [-0.4, -0.2) is 26.5 Å². The minimum atomic E-state index is -0.441. The van der Waals surface area contributed by atoms with E-state index in [0.29, 0.717) is 23.8 Å². The predicted molar refractivity (Wildman–Crippen MR) is 92.6 cm³/mol. The first kappa shape index (κ1) is 16.8. The van der Waals surface area contributed by atoms with E-state index in [0.717, 1.165) is 13.1 Å². The van der Waals surface area contributed by atoms with Crippen LogP contribution in [0.1, 0.15) is 18.4 Å². The molecule has 0 fully saturated rings. The Kier molecular flexibility index (Phi) is 5.15. The zero-order valence-corrected chi connectivity index (χ0v) is 13.8. The number of nitro benzene ring substituents is 1. The number of aromatic nitrogens is 2. The lowest BCUT2D eigenvalue weighted by molar-refractivity contribution is -0.384. The Balaban J connectivity index is 1.72. The van der Waals surface area contributed by atoms with Crippen LogP contribution >= 0.6 is 0 Å². The Morgan fingerprint density at radius 2 is 1.92 bits per heavy atom. The van der Waals surface area contributed by atoms with Crippen LogP contribution in [0.25, 0.3) is 11.4 Å². The van der Waals surface area contributed by atoms with E-state index in [9.17, 15) is 10.1 Å². The smallest absolute Gasteiger partial charge is 0.270 e. The molecule has 2 aromatic carbocycles. The molecular weight excluding hydrogens is 320 g/mol. The molecule has 7 heteroatoms. The Hall–Kier alpha value is -3.06. The first-order valence-corrected chi connectivity index (χ1v) is 7.99. The Morgan fingerprint density at radius 3 is 2.64 bits per heavy atom. The Morgan fingerprint density at radius 1 is 1.12 bits per heavy atom. The van der Waals surface area contributed by atoms with E-state index in [1.807, 2.05) is 18.2 Å².